The number of benzene rings is 3. The van der Waals surface area contributed by atoms with Crippen molar-refractivity contribution in [2.45, 2.75) is 19.5 Å². The molecule has 0 saturated heterocycles. The maximum absolute atomic E-state index is 13.8. The first-order valence-corrected chi connectivity index (χ1v) is 11.1. The number of amides is 1. The summed E-state index contributed by atoms with van der Waals surface area (Å²) in [5, 5.41) is 4.53. The molecule has 0 unspecified atom stereocenters. The predicted molar refractivity (Wildman–Crippen MR) is 128 cm³/mol. The lowest BCUT2D eigenvalue weighted by atomic mass is 9.94. The summed E-state index contributed by atoms with van der Waals surface area (Å²) in [5.41, 5.74) is 3.44. The zero-order valence-corrected chi connectivity index (χ0v) is 18.2. The molecule has 2 aliphatic rings. The highest BCUT2D eigenvalue weighted by Crippen LogP contribution is 2.36. The van der Waals surface area contributed by atoms with Crippen LogP contribution in [0.15, 0.2) is 78.9 Å². The number of hydrogen-bond donors (Lipinski definition) is 1. The zero-order valence-electron chi connectivity index (χ0n) is 18.2. The number of ether oxygens (including phenoxy) is 2. The van der Waals surface area contributed by atoms with Gasteiger partial charge in [0.1, 0.15) is 12.0 Å². The third-order valence-corrected chi connectivity index (χ3v) is 6.30. The summed E-state index contributed by atoms with van der Waals surface area (Å²) >= 11 is 0. The van der Waals surface area contributed by atoms with Gasteiger partial charge in [0.05, 0.1) is 11.1 Å². The first-order chi connectivity index (χ1) is 16.2. The average molecular weight is 437 g/mol. The van der Waals surface area contributed by atoms with Crippen LogP contribution in [0, 0.1) is 5.92 Å². The van der Waals surface area contributed by atoms with E-state index in [4.69, 9.17) is 14.5 Å². The van der Waals surface area contributed by atoms with Gasteiger partial charge in [0.25, 0.3) is 5.91 Å². The van der Waals surface area contributed by atoms with Gasteiger partial charge >= 0.3 is 0 Å². The number of para-hydroxylation sites is 2. The quantitative estimate of drug-likeness (QED) is 0.473. The van der Waals surface area contributed by atoms with E-state index in [-0.39, 0.29) is 24.8 Å². The standard InChI is InChI=1S/C27H23N3O3/c1-17(13-18-11-12-23-24(14-18)33-16-32-23)26-29-25-21(15-19-7-5-6-10-22(19)28-25)27(31)30(26)20-8-3-2-4-9-20/h2-12,14-15,17,26H,13,16H2,1H3,(H,28,29)/t17-,26+/m1/s1. The van der Waals surface area contributed by atoms with Gasteiger partial charge in [0, 0.05) is 11.1 Å². The van der Waals surface area contributed by atoms with Gasteiger partial charge in [0.15, 0.2) is 11.5 Å². The molecule has 2 aliphatic heterocycles. The third kappa shape index (κ3) is 3.44. The molecule has 3 aromatic carbocycles. The highest BCUT2D eigenvalue weighted by atomic mass is 16.7. The van der Waals surface area contributed by atoms with Crippen molar-refractivity contribution in [1.82, 2.24) is 4.98 Å². The van der Waals surface area contributed by atoms with E-state index >= 15 is 0 Å². The van der Waals surface area contributed by atoms with Crippen LogP contribution >= 0.6 is 0 Å². The molecule has 3 heterocycles. The molecule has 6 rings (SSSR count). The molecule has 0 saturated carbocycles. The molecule has 0 fully saturated rings. The van der Waals surface area contributed by atoms with Gasteiger partial charge in [-0.1, -0.05) is 49.4 Å². The molecule has 1 amide bonds. The fourth-order valence-corrected chi connectivity index (χ4v) is 4.66. The molecule has 0 spiro atoms. The number of fused-ring (bicyclic) bond motifs is 3. The molecule has 33 heavy (non-hydrogen) atoms. The monoisotopic (exact) mass is 437 g/mol. The Bertz CT molecular complexity index is 1360. The zero-order chi connectivity index (χ0) is 22.4. The van der Waals surface area contributed by atoms with Crippen LogP contribution in [-0.4, -0.2) is 23.8 Å². The number of anilines is 2. The highest BCUT2D eigenvalue weighted by molar-refractivity contribution is 6.13. The molecule has 164 valence electrons. The van der Waals surface area contributed by atoms with Crippen molar-refractivity contribution in [3.63, 3.8) is 0 Å². The fourth-order valence-electron chi connectivity index (χ4n) is 4.66. The maximum Gasteiger partial charge on any atom is 0.263 e. The Morgan fingerprint density at radius 1 is 1.00 bits per heavy atom. The first-order valence-electron chi connectivity index (χ1n) is 11.1. The number of nitrogens with zero attached hydrogens (tertiary/aromatic N) is 2. The molecule has 4 aromatic rings. The molecule has 1 aromatic heterocycles. The molecular weight excluding hydrogens is 414 g/mol. The highest BCUT2D eigenvalue weighted by Gasteiger charge is 2.37. The Balaban J connectivity index is 1.39. The van der Waals surface area contributed by atoms with Crippen LogP contribution in [0.2, 0.25) is 0 Å². The Labute approximate surface area is 191 Å². The number of hydrogen-bond acceptors (Lipinski definition) is 5. The number of aromatic nitrogens is 1. The third-order valence-electron chi connectivity index (χ3n) is 6.30. The van der Waals surface area contributed by atoms with Gasteiger partial charge in [-0.25, -0.2) is 4.98 Å². The van der Waals surface area contributed by atoms with Crippen LogP contribution in [0.1, 0.15) is 22.8 Å². The summed E-state index contributed by atoms with van der Waals surface area (Å²) in [7, 11) is 0. The Kier molecular flexibility index (Phi) is 4.64. The van der Waals surface area contributed by atoms with Crippen molar-refractivity contribution in [3.05, 3.63) is 90.0 Å². The largest absolute Gasteiger partial charge is 0.454 e. The number of carbonyl (C=O) groups is 1. The fraction of sp³-hybridized carbons (Fsp3) is 0.185. The van der Waals surface area contributed by atoms with Crippen LogP contribution in [-0.2, 0) is 6.42 Å². The van der Waals surface area contributed by atoms with Crippen molar-refractivity contribution in [3.8, 4) is 11.5 Å². The molecule has 0 radical (unpaired) electrons. The Morgan fingerprint density at radius 2 is 1.79 bits per heavy atom. The van der Waals surface area contributed by atoms with E-state index in [0.29, 0.717) is 11.4 Å². The molecule has 0 bridgehead atoms. The molecule has 6 heteroatoms. The van der Waals surface area contributed by atoms with Crippen LogP contribution < -0.4 is 19.7 Å². The second-order valence-corrected chi connectivity index (χ2v) is 8.55. The summed E-state index contributed by atoms with van der Waals surface area (Å²) in [5.74, 6) is 2.22. The van der Waals surface area contributed by atoms with Crippen molar-refractivity contribution < 1.29 is 14.3 Å². The molecule has 6 nitrogen and oxygen atoms in total. The molecule has 0 aliphatic carbocycles. The lowest BCUT2D eigenvalue weighted by molar-refractivity contribution is 0.0966. The van der Waals surface area contributed by atoms with Gasteiger partial charge in [-0.2, -0.15) is 0 Å². The minimum Gasteiger partial charge on any atom is -0.454 e. The van der Waals surface area contributed by atoms with Gasteiger partial charge in [-0.15, -0.1) is 0 Å². The second kappa shape index (κ2) is 7.81. The number of carbonyl (C=O) groups excluding carboxylic acids is 1. The lowest BCUT2D eigenvalue weighted by Gasteiger charge is -2.40. The van der Waals surface area contributed by atoms with E-state index < -0.39 is 0 Å². The van der Waals surface area contributed by atoms with E-state index in [1.807, 2.05) is 77.7 Å². The van der Waals surface area contributed by atoms with Gasteiger partial charge in [-0.3, -0.25) is 9.69 Å². The Morgan fingerprint density at radius 3 is 2.67 bits per heavy atom. The number of rotatable bonds is 4. The predicted octanol–water partition coefficient (Wildman–Crippen LogP) is 5.24. The lowest BCUT2D eigenvalue weighted by Crippen LogP contribution is -2.53. The van der Waals surface area contributed by atoms with E-state index in [1.54, 1.807) is 0 Å². The van der Waals surface area contributed by atoms with E-state index in [2.05, 4.69) is 18.3 Å². The average Bonchev–Trinajstić information content (AvgIpc) is 3.31. The van der Waals surface area contributed by atoms with Crippen LogP contribution in [0.3, 0.4) is 0 Å². The van der Waals surface area contributed by atoms with Crippen molar-refractivity contribution >= 4 is 28.3 Å². The molecule has 2 atom stereocenters. The summed E-state index contributed by atoms with van der Waals surface area (Å²) in [6, 6.07) is 25.6. The first kappa shape index (κ1) is 19.6. The summed E-state index contributed by atoms with van der Waals surface area (Å²) < 4.78 is 11.0. The van der Waals surface area contributed by atoms with Crippen molar-refractivity contribution in [2.24, 2.45) is 5.92 Å². The van der Waals surface area contributed by atoms with Crippen LogP contribution in [0.5, 0.6) is 11.5 Å². The van der Waals surface area contributed by atoms with Crippen LogP contribution in [0.25, 0.3) is 10.9 Å². The van der Waals surface area contributed by atoms with Crippen molar-refractivity contribution in [1.29, 1.82) is 0 Å². The second-order valence-electron chi connectivity index (χ2n) is 8.55. The van der Waals surface area contributed by atoms with Crippen LogP contribution in [0.4, 0.5) is 11.5 Å². The Hall–Kier alpha value is -4.06. The van der Waals surface area contributed by atoms with Crippen molar-refractivity contribution in [2.75, 3.05) is 17.0 Å². The van der Waals surface area contributed by atoms with Gasteiger partial charge in [0.2, 0.25) is 6.79 Å². The number of nitrogens with one attached hydrogen (secondary N) is 1. The summed E-state index contributed by atoms with van der Waals surface area (Å²) in [6.07, 6.45) is 0.500. The molecule has 1 N–H and O–H groups in total. The minimum atomic E-state index is -0.258. The summed E-state index contributed by atoms with van der Waals surface area (Å²) in [6.45, 7) is 2.41. The van der Waals surface area contributed by atoms with E-state index in [1.165, 1.54) is 0 Å². The minimum absolute atomic E-state index is 0.0456. The SMILES string of the molecule is C[C@H](Cc1ccc2c(c1)OCO2)[C@H]1Nc2nc3ccccc3cc2C(=O)N1c1ccccc1. The smallest absolute Gasteiger partial charge is 0.263 e. The van der Waals surface area contributed by atoms with E-state index in [0.717, 1.165) is 40.1 Å². The number of pyridine rings is 1. The van der Waals surface area contributed by atoms with E-state index in [9.17, 15) is 4.79 Å². The molecular formula is C27H23N3O3. The topological polar surface area (TPSA) is 63.7 Å². The van der Waals surface area contributed by atoms with Gasteiger partial charge in [-0.05, 0) is 54.3 Å². The van der Waals surface area contributed by atoms with Gasteiger partial charge < -0.3 is 14.8 Å². The normalized spacial score (nSPS) is 17.5. The maximum atomic E-state index is 13.8. The summed E-state index contributed by atoms with van der Waals surface area (Å²) in [4.78, 5) is 20.4.